The Kier molecular flexibility index (Phi) is 12.0. The average Bonchev–Trinajstić information content (AvgIpc) is 3.75. The molecule has 2 aromatic carbocycles. The third-order valence-corrected chi connectivity index (χ3v) is 6.37. The molecule has 1 aliphatic carbocycles. The number of aromatic amines is 1. The minimum absolute atomic E-state index is 0.0806. The van der Waals surface area contributed by atoms with Gasteiger partial charge in [0.15, 0.2) is 23.9 Å². The van der Waals surface area contributed by atoms with Crippen LogP contribution < -0.4 is 24.5 Å². The molecule has 0 bridgehead atoms. The van der Waals surface area contributed by atoms with Crippen molar-refractivity contribution < 1.29 is 42.6 Å². The predicted octanol–water partition coefficient (Wildman–Crippen LogP) is 6.74. The Morgan fingerprint density at radius 2 is 1.75 bits per heavy atom. The molecule has 1 heterocycles. The third-order valence-electron chi connectivity index (χ3n) is 5.70. The maximum Gasteiger partial charge on any atom is 0.514 e. The second-order valence-electron chi connectivity index (χ2n) is 8.72. The van der Waals surface area contributed by atoms with Crippen molar-refractivity contribution in [3.8, 4) is 17.2 Å². The number of H-pyrrole nitrogens is 1. The molecule has 1 atom stereocenters. The molecule has 0 amide bonds. The van der Waals surface area contributed by atoms with E-state index in [0.717, 1.165) is 18.5 Å². The van der Waals surface area contributed by atoms with Gasteiger partial charge in [0.25, 0.3) is 0 Å². The fourth-order valence-corrected chi connectivity index (χ4v) is 4.07. The minimum atomic E-state index is -3.02. The number of aliphatic hydroxyl groups excluding tert-OH is 1. The van der Waals surface area contributed by atoms with E-state index in [4.69, 9.17) is 42.5 Å². The van der Waals surface area contributed by atoms with Crippen LogP contribution in [-0.2, 0) is 11.2 Å². The van der Waals surface area contributed by atoms with Gasteiger partial charge in [0.2, 0.25) is 0 Å². The van der Waals surface area contributed by atoms with Crippen LogP contribution in [0, 0.1) is 5.92 Å². The van der Waals surface area contributed by atoms with Crippen LogP contribution >= 0.6 is 23.2 Å². The molecule has 1 aliphatic rings. The second kappa shape index (κ2) is 15.4. The van der Waals surface area contributed by atoms with E-state index in [1.165, 1.54) is 18.2 Å². The molecule has 3 N–H and O–H groups in total. The minimum Gasteiger partial charge on any atom is -0.489 e. The van der Waals surface area contributed by atoms with Crippen LogP contribution in [0.3, 0.4) is 0 Å². The number of aromatic nitrogens is 1. The number of rotatable bonds is 11. The standard InChI is InChI=1S/C26H24Cl2F2N2O5.C2H6O/c1-31-17-5-7-18(8-6-17)35-26(33)37-23(11-19-20(27)12-32-13-21(19)28)16-4-9-22(36-25(29)30)24(10-16)34-14-15-2-3-15;1-2-3/h4-10,12-13,15,23,25,31H,2-3,11,14H2,1H3;3H,2H2,1H3/p+1. The van der Waals surface area contributed by atoms with Crippen LogP contribution in [0.5, 0.6) is 17.2 Å². The van der Waals surface area contributed by atoms with Gasteiger partial charge < -0.3 is 29.4 Å². The Morgan fingerprint density at radius 1 is 1.10 bits per heavy atom. The van der Waals surface area contributed by atoms with Crippen molar-refractivity contribution in [3.05, 3.63) is 76.0 Å². The number of hydrogen-bond donors (Lipinski definition) is 2. The Morgan fingerprint density at radius 3 is 2.33 bits per heavy atom. The summed E-state index contributed by atoms with van der Waals surface area (Å²) in [5, 5.41) is 11.2. The summed E-state index contributed by atoms with van der Waals surface area (Å²) in [4.78, 5) is 15.6. The number of pyridine rings is 1. The summed E-state index contributed by atoms with van der Waals surface area (Å²) >= 11 is 12.7. The number of carbonyl (C=O) groups excluding carboxylic acids is 1. The molecule has 12 heteroatoms. The summed E-state index contributed by atoms with van der Waals surface area (Å²) < 4.78 is 47.4. The summed E-state index contributed by atoms with van der Waals surface area (Å²) in [7, 11) is 1.77. The fraction of sp³-hybridized carbons (Fsp3) is 0.357. The fourth-order valence-electron chi connectivity index (χ4n) is 3.53. The number of benzene rings is 2. The van der Waals surface area contributed by atoms with Gasteiger partial charge in [-0.1, -0.05) is 29.3 Å². The van der Waals surface area contributed by atoms with Crippen molar-refractivity contribution in [2.24, 2.45) is 5.92 Å². The monoisotopic (exact) mass is 599 g/mol. The molecule has 1 saturated carbocycles. The molecular formula is C28H31Cl2F2N2O6+. The zero-order chi connectivity index (χ0) is 29.1. The van der Waals surface area contributed by atoms with Crippen molar-refractivity contribution >= 4 is 35.0 Å². The Balaban J connectivity index is 0.00000141. The lowest BCUT2D eigenvalue weighted by Crippen LogP contribution is -2.18. The Hall–Kier alpha value is -3.34. The molecule has 0 spiro atoms. The Bertz CT molecular complexity index is 1230. The molecule has 40 heavy (non-hydrogen) atoms. The normalized spacial score (nSPS) is 13.1. The van der Waals surface area contributed by atoms with Crippen LogP contribution in [0.2, 0.25) is 10.0 Å². The molecule has 8 nitrogen and oxygen atoms in total. The van der Waals surface area contributed by atoms with Gasteiger partial charge in [-0.3, -0.25) is 0 Å². The smallest absolute Gasteiger partial charge is 0.489 e. The first-order chi connectivity index (χ1) is 19.2. The van der Waals surface area contributed by atoms with Gasteiger partial charge in [-0.2, -0.15) is 8.78 Å². The number of halogens is 4. The maximum absolute atomic E-state index is 13.0. The van der Waals surface area contributed by atoms with Gasteiger partial charge in [0.05, 0.1) is 6.61 Å². The van der Waals surface area contributed by atoms with E-state index >= 15 is 0 Å². The molecule has 0 radical (unpaired) electrons. The predicted molar refractivity (Wildman–Crippen MR) is 147 cm³/mol. The molecule has 4 rings (SSSR count). The van der Waals surface area contributed by atoms with E-state index in [0.29, 0.717) is 33.7 Å². The number of aliphatic hydroxyl groups is 1. The first-order valence-electron chi connectivity index (χ1n) is 12.6. The molecule has 0 aliphatic heterocycles. The number of hydrogen-bond acceptors (Lipinski definition) is 7. The average molecular weight is 600 g/mol. The largest absolute Gasteiger partial charge is 0.514 e. The van der Waals surface area contributed by atoms with Gasteiger partial charge in [-0.05, 0) is 67.6 Å². The number of ether oxygens (including phenoxy) is 4. The SMILES string of the molecule is CCO.CNc1ccc(OC(=O)OC(Cc2c(Cl)c[nH+]cc2Cl)c2ccc(OC(F)F)c(OCC3CC3)c2)cc1. The van der Waals surface area contributed by atoms with Crippen molar-refractivity contribution in [1.29, 1.82) is 0 Å². The third kappa shape index (κ3) is 9.69. The van der Waals surface area contributed by atoms with Crippen LogP contribution in [0.4, 0.5) is 19.3 Å². The van der Waals surface area contributed by atoms with Crippen molar-refractivity contribution in [2.45, 2.75) is 38.9 Å². The zero-order valence-corrected chi connectivity index (χ0v) is 23.5. The Labute approximate surface area is 241 Å². The van der Waals surface area contributed by atoms with Crippen LogP contribution in [0.15, 0.2) is 54.9 Å². The van der Waals surface area contributed by atoms with Crippen LogP contribution in [-0.4, -0.2) is 38.1 Å². The lowest BCUT2D eigenvalue weighted by atomic mass is 10.0. The molecule has 216 valence electrons. The van der Waals surface area contributed by atoms with E-state index in [-0.39, 0.29) is 30.3 Å². The van der Waals surface area contributed by atoms with E-state index < -0.39 is 18.9 Å². The van der Waals surface area contributed by atoms with Gasteiger partial charge in [-0.15, -0.1) is 0 Å². The highest BCUT2D eigenvalue weighted by Crippen LogP contribution is 2.38. The molecule has 3 aromatic rings. The number of alkyl halides is 2. The summed E-state index contributed by atoms with van der Waals surface area (Å²) in [6.07, 6.45) is 3.29. The van der Waals surface area contributed by atoms with Gasteiger partial charge in [-0.25, -0.2) is 9.78 Å². The van der Waals surface area contributed by atoms with Crippen molar-refractivity contribution in [2.75, 3.05) is 25.6 Å². The highest BCUT2D eigenvalue weighted by Gasteiger charge is 2.26. The van der Waals surface area contributed by atoms with Crippen molar-refractivity contribution in [3.63, 3.8) is 0 Å². The second-order valence-corrected chi connectivity index (χ2v) is 9.54. The number of nitrogens with one attached hydrogen (secondary N) is 2. The van der Waals surface area contributed by atoms with Gasteiger partial charge in [0.1, 0.15) is 21.9 Å². The molecule has 1 aromatic heterocycles. The quantitative estimate of drug-likeness (QED) is 0.186. The lowest BCUT2D eigenvalue weighted by Gasteiger charge is -2.21. The number of anilines is 1. The lowest BCUT2D eigenvalue weighted by molar-refractivity contribution is -0.377. The zero-order valence-electron chi connectivity index (χ0n) is 22.0. The van der Waals surface area contributed by atoms with Crippen LogP contribution in [0.1, 0.15) is 37.0 Å². The maximum atomic E-state index is 13.0. The van der Waals surface area contributed by atoms with Crippen molar-refractivity contribution in [1.82, 2.24) is 0 Å². The molecule has 1 fully saturated rings. The van der Waals surface area contributed by atoms with E-state index in [9.17, 15) is 13.6 Å². The van der Waals surface area contributed by atoms with E-state index in [1.807, 2.05) is 0 Å². The molecular weight excluding hydrogens is 569 g/mol. The summed E-state index contributed by atoms with van der Waals surface area (Å²) in [5.41, 5.74) is 1.81. The van der Waals surface area contributed by atoms with Crippen LogP contribution in [0.25, 0.3) is 0 Å². The van der Waals surface area contributed by atoms with E-state index in [2.05, 4.69) is 15.0 Å². The summed E-state index contributed by atoms with van der Waals surface area (Å²) in [6, 6.07) is 11.1. The van der Waals surface area contributed by atoms with Gasteiger partial charge >= 0.3 is 12.8 Å². The highest BCUT2D eigenvalue weighted by molar-refractivity contribution is 6.35. The molecule has 0 saturated heterocycles. The first-order valence-corrected chi connectivity index (χ1v) is 13.3. The number of carbonyl (C=O) groups is 1. The topological polar surface area (TPSA) is 100 Å². The first kappa shape index (κ1) is 31.2. The summed E-state index contributed by atoms with van der Waals surface area (Å²) in [5.74, 6) is 0.656. The highest BCUT2D eigenvalue weighted by atomic mass is 35.5. The molecule has 1 unspecified atom stereocenters. The van der Waals surface area contributed by atoms with E-state index in [1.54, 1.807) is 50.6 Å². The summed E-state index contributed by atoms with van der Waals surface area (Å²) in [6.45, 7) is -0.727. The van der Waals surface area contributed by atoms with Gasteiger partial charge in [0, 0.05) is 31.3 Å².